The Hall–Kier alpha value is -3.36. The molecular formula is C28H29ClFN3O3S. The van der Waals surface area contributed by atoms with Gasteiger partial charge in [0.1, 0.15) is 10.8 Å². The summed E-state index contributed by atoms with van der Waals surface area (Å²) in [5.74, 6) is 0.446. The summed E-state index contributed by atoms with van der Waals surface area (Å²) in [4.78, 5) is 17.3. The van der Waals surface area contributed by atoms with Crippen molar-refractivity contribution in [1.82, 2.24) is 4.90 Å². The maximum Gasteiger partial charge on any atom is 0.262 e. The first-order valence-electron chi connectivity index (χ1n) is 12.1. The van der Waals surface area contributed by atoms with Gasteiger partial charge in [-0.25, -0.2) is 4.39 Å². The third kappa shape index (κ3) is 6.50. The first kappa shape index (κ1) is 26.7. The van der Waals surface area contributed by atoms with Gasteiger partial charge in [0.25, 0.3) is 5.91 Å². The largest absolute Gasteiger partial charge is 0.490 e. The van der Waals surface area contributed by atoms with E-state index < -0.39 is 0 Å². The normalized spacial score (nSPS) is 13.3. The van der Waals surface area contributed by atoms with E-state index in [-0.39, 0.29) is 18.3 Å². The molecule has 1 fully saturated rings. The van der Waals surface area contributed by atoms with Crippen molar-refractivity contribution in [3.05, 3.63) is 82.6 Å². The fraction of sp³-hybridized carbons (Fsp3) is 0.286. The van der Waals surface area contributed by atoms with Crippen LogP contribution >= 0.6 is 23.8 Å². The van der Waals surface area contributed by atoms with Crippen LogP contribution in [0.4, 0.5) is 15.8 Å². The quantitative estimate of drug-likeness (QED) is 0.369. The van der Waals surface area contributed by atoms with Crippen LogP contribution in [-0.2, 0) is 4.79 Å². The molecule has 0 saturated carbocycles. The van der Waals surface area contributed by atoms with Crippen LogP contribution in [0, 0.1) is 12.7 Å². The van der Waals surface area contributed by atoms with Crippen molar-refractivity contribution in [3.63, 3.8) is 0 Å². The topological polar surface area (TPSA) is 54.0 Å². The zero-order chi connectivity index (χ0) is 26.4. The number of nitrogens with one attached hydrogen (secondary N) is 1. The summed E-state index contributed by atoms with van der Waals surface area (Å²) in [6, 6.07) is 17.6. The van der Waals surface area contributed by atoms with Gasteiger partial charge in [0.15, 0.2) is 18.1 Å². The van der Waals surface area contributed by atoms with E-state index in [0.717, 1.165) is 11.1 Å². The van der Waals surface area contributed by atoms with E-state index in [1.807, 2.05) is 36.9 Å². The summed E-state index contributed by atoms with van der Waals surface area (Å²) >= 11 is 11.9. The molecule has 1 aliphatic rings. The van der Waals surface area contributed by atoms with E-state index in [4.69, 9.17) is 33.3 Å². The molecule has 0 aliphatic carbocycles. The fourth-order valence-corrected chi connectivity index (χ4v) is 4.63. The van der Waals surface area contributed by atoms with Gasteiger partial charge in [0.2, 0.25) is 0 Å². The summed E-state index contributed by atoms with van der Waals surface area (Å²) in [6.45, 7) is 6.66. The number of piperazine rings is 1. The highest BCUT2D eigenvalue weighted by Gasteiger charge is 2.22. The summed E-state index contributed by atoms with van der Waals surface area (Å²) in [6.07, 6.45) is 0. The lowest BCUT2D eigenvalue weighted by molar-refractivity contribution is -0.118. The van der Waals surface area contributed by atoms with Crippen LogP contribution in [0.1, 0.15) is 18.1 Å². The summed E-state index contributed by atoms with van der Waals surface area (Å²) < 4.78 is 25.7. The number of carbonyl (C=O) groups is 1. The molecule has 4 rings (SSSR count). The molecule has 6 nitrogen and oxygen atoms in total. The molecule has 3 aromatic rings. The Morgan fingerprint density at radius 2 is 1.78 bits per heavy atom. The van der Waals surface area contributed by atoms with E-state index in [9.17, 15) is 9.18 Å². The molecule has 9 heteroatoms. The second kappa shape index (κ2) is 12.3. The molecule has 0 aromatic heterocycles. The second-order valence-electron chi connectivity index (χ2n) is 8.57. The summed E-state index contributed by atoms with van der Waals surface area (Å²) in [5.41, 5.74) is 2.87. The number of halogens is 2. The Labute approximate surface area is 226 Å². The number of hydrogen-bond donors (Lipinski definition) is 1. The van der Waals surface area contributed by atoms with Crippen LogP contribution in [0.3, 0.4) is 0 Å². The molecule has 0 atom stereocenters. The minimum absolute atomic E-state index is 0.187. The monoisotopic (exact) mass is 541 g/mol. The first-order chi connectivity index (χ1) is 17.9. The van der Waals surface area contributed by atoms with Gasteiger partial charge in [-0.3, -0.25) is 4.79 Å². The van der Waals surface area contributed by atoms with Crippen LogP contribution in [0.5, 0.6) is 11.5 Å². The van der Waals surface area contributed by atoms with Crippen molar-refractivity contribution >= 4 is 46.1 Å². The molecule has 0 radical (unpaired) electrons. The van der Waals surface area contributed by atoms with Gasteiger partial charge in [-0.1, -0.05) is 42.0 Å². The van der Waals surface area contributed by atoms with Crippen LogP contribution < -0.4 is 19.7 Å². The molecule has 0 spiro atoms. The van der Waals surface area contributed by atoms with E-state index in [1.54, 1.807) is 36.4 Å². The smallest absolute Gasteiger partial charge is 0.262 e. The number of hydrogen-bond acceptors (Lipinski definition) is 5. The average molecular weight is 542 g/mol. The van der Waals surface area contributed by atoms with E-state index in [2.05, 4.69) is 10.2 Å². The lowest BCUT2D eigenvalue weighted by Crippen LogP contribution is -2.48. The maximum atomic E-state index is 14.2. The molecule has 0 unspecified atom stereocenters. The fourth-order valence-electron chi connectivity index (χ4n) is 4.14. The van der Waals surface area contributed by atoms with Crippen molar-refractivity contribution in [3.8, 4) is 11.5 Å². The molecule has 1 saturated heterocycles. The highest BCUT2D eigenvalue weighted by molar-refractivity contribution is 7.80. The minimum atomic E-state index is -0.305. The predicted molar refractivity (Wildman–Crippen MR) is 150 cm³/mol. The standard InChI is InChI=1S/C28H29ClFN3O3S/c1-3-35-26-17-20(28(37)33-15-13-32(14-16-33)24-10-5-4-8-22(24)30)11-12-25(26)36-18-27(34)31-23-9-6-7-21(29)19(23)2/h4-12,17H,3,13-16,18H2,1-2H3,(H,31,34). The van der Waals surface area contributed by atoms with E-state index >= 15 is 0 Å². The van der Waals surface area contributed by atoms with Crippen molar-refractivity contribution in [2.24, 2.45) is 0 Å². The number of benzene rings is 3. The van der Waals surface area contributed by atoms with Crippen molar-refractivity contribution in [2.45, 2.75) is 13.8 Å². The van der Waals surface area contributed by atoms with Crippen molar-refractivity contribution in [2.75, 3.05) is 49.6 Å². The van der Waals surface area contributed by atoms with Crippen molar-refractivity contribution < 1.29 is 18.7 Å². The molecule has 3 aromatic carbocycles. The van der Waals surface area contributed by atoms with Crippen LogP contribution in [0.15, 0.2) is 60.7 Å². The molecule has 1 heterocycles. The SMILES string of the molecule is CCOc1cc(C(=S)N2CCN(c3ccccc3F)CC2)ccc1OCC(=O)Nc1cccc(Cl)c1C. The Balaban J connectivity index is 1.38. The highest BCUT2D eigenvalue weighted by atomic mass is 35.5. The number of ether oxygens (including phenoxy) is 2. The number of anilines is 2. The van der Waals surface area contributed by atoms with Gasteiger partial charge < -0.3 is 24.6 Å². The molecular weight excluding hydrogens is 513 g/mol. The molecule has 194 valence electrons. The average Bonchev–Trinajstić information content (AvgIpc) is 2.91. The molecule has 37 heavy (non-hydrogen) atoms. The van der Waals surface area contributed by atoms with Crippen molar-refractivity contribution in [1.29, 1.82) is 0 Å². The predicted octanol–water partition coefficient (Wildman–Crippen LogP) is 5.70. The highest BCUT2D eigenvalue weighted by Crippen LogP contribution is 2.30. The van der Waals surface area contributed by atoms with Gasteiger partial charge in [-0.05, 0) is 61.9 Å². The number of para-hydroxylation sites is 1. The van der Waals surface area contributed by atoms with Gasteiger partial charge in [0, 0.05) is 42.5 Å². The Bertz CT molecular complexity index is 1280. The number of amides is 1. The molecule has 0 bridgehead atoms. The number of thiocarbonyl (C=S) groups is 1. The Kier molecular flexibility index (Phi) is 8.84. The van der Waals surface area contributed by atoms with Gasteiger partial charge in [-0.15, -0.1) is 0 Å². The maximum absolute atomic E-state index is 14.2. The summed E-state index contributed by atoms with van der Waals surface area (Å²) in [7, 11) is 0. The molecule has 1 amide bonds. The molecule has 1 N–H and O–H groups in total. The zero-order valence-corrected chi connectivity index (χ0v) is 22.4. The first-order valence-corrected chi connectivity index (χ1v) is 12.9. The van der Waals surface area contributed by atoms with Gasteiger partial charge in [0.05, 0.1) is 12.3 Å². The Morgan fingerprint density at radius 3 is 2.51 bits per heavy atom. The van der Waals surface area contributed by atoms with E-state index in [0.29, 0.717) is 65.7 Å². The second-order valence-corrected chi connectivity index (χ2v) is 9.37. The Morgan fingerprint density at radius 1 is 1.03 bits per heavy atom. The third-order valence-corrected chi connectivity index (χ3v) is 7.05. The molecule has 1 aliphatic heterocycles. The lowest BCUT2D eigenvalue weighted by atomic mass is 10.1. The van der Waals surface area contributed by atoms with E-state index in [1.165, 1.54) is 6.07 Å². The minimum Gasteiger partial charge on any atom is -0.490 e. The zero-order valence-electron chi connectivity index (χ0n) is 20.8. The summed E-state index contributed by atoms with van der Waals surface area (Å²) in [5, 5.41) is 3.40. The number of nitrogens with zero attached hydrogens (tertiary/aromatic N) is 2. The van der Waals surface area contributed by atoms with Crippen LogP contribution in [0.2, 0.25) is 5.02 Å². The van der Waals surface area contributed by atoms with Crippen LogP contribution in [-0.4, -0.2) is 55.2 Å². The number of carbonyl (C=O) groups excluding carboxylic acids is 1. The van der Waals surface area contributed by atoms with Gasteiger partial charge in [-0.2, -0.15) is 0 Å². The van der Waals surface area contributed by atoms with Gasteiger partial charge >= 0.3 is 0 Å². The lowest BCUT2D eigenvalue weighted by Gasteiger charge is -2.37. The number of rotatable bonds is 8. The third-order valence-electron chi connectivity index (χ3n) is 6.15. The van der Waals surface area contributed by atoms with Crippen LogP contribution in [0.25, 0.3) is 0 Å².